The minimum atomic E-state index is 0. The number of aliphatic imine (C=N–C) groups is 1. The lowest BCUT2D eigenvalue weighted by Crippen LogP contribution is -2.38. The smallest absolute Gasteiger partial charge is 0.194 e. The van der Waals surface area contributed by atoms with Crippen molar-refractivity contribution in [3.63, 3.8) is 0 Å². The summed E-state index contributed by atoms with van der Waals surface area (Å²) in [6, 6.07) is 8.51. The lowest BCUT2D eigenvalue weighted by atomic mass is 10.1. The van der Waals surface area contributed by atoms with Gasteiger partial charge in [-0.1, -0.05) is 29.8 Å². The maximum Gasteiger partial charge on any atom is 0.194 e. The Kier molecular flexibility index (Phi) is 8.54. The van der Waals surface area contributed by atoms with Gasteiger partial charge in [-0.05, 0) is 26.3 Å². The maximum absolute atomic E-state index is 4.72. The zero-order valence-electron chi connectivity index (χ0n) is 14.2. The fraction of sp³-hybridized carbons (Fsp3) is 0.412. The zero-order chi connectivity index (χ0) is 15.9. The molecule has 0 spiro atoms. The second-order valence-electron chi connectivity index (χ2n) is 5.37. The number of benzene rings is 1. The van der Waals surface area contributed by atoms with Gasteiger partial charge in [0.25, 0.3) is 0 Å². The molecule has 126 valence electrons. The Balaban J connectivity index is 0.00000264. The number of guanidine groups is 1. The first-order valence-corrected chi connectivity index (χ1v) is 8.42. The van der Waals surface area contributed by atoms with Crippen LogP contribution >= 0.6 is 35.3 Å². The van der Waals surface area contributed by atoms with E-state index in [-0.39, 0.29) is 24.0 Å². The summed E-state index contributed by atoms with van der Waals surface area (Å²) in [6.45, 7) is 8.52. The number of aromatic nitrogens is 1. The number of rotatable bonds is 5. The lowest BCUT2D eigenvalue weighted by molar-refractivity contribution is 0.471. The van der Waals surface area contributed by atoms with Gasteiger partial charge in [0.05, 0.1) is 23.8 Å². The highest BCUT2D eigenvalue weighted by Gasteiger charge is 2.08. The molecule has 2 aromatic rings. The first-order valence-electron chi connectivity index (χ1n) is 7.54. The van der Waals surface area contributed by atoms with E-state index in [1.807, 2.05) is 14.0 Å². The molecule has 0 saturated heterocycles. The van der Waals surface area contributed by atoms with Crippen molar-refractivity contribution in [3.05, 3.63) is 51.5 Å². The van der Waals surface area contributed by atoms with Crippen molar-refractivity contribution in [2.45, 2.75) is 33.9 Å². The van der Waals surface area contributed by atoms with Crippen molar-refractivity contribution in [2.24, 2.45) is 4.99 Å². The quantitative estimate of drug-likeness (QED) is 0.431. The largest absolute Gasteiger partial charge is 0.357 e. The van der Waals surface area contributed by atoms with Crippen molar-refractivity contribution in [2.75, 3.05) is 13.6 Å². The van der Waals surface area contributed by atoms with Crippen LogP contribution in [0.25, 0.3) is 0 Å². The molecule has 1 aromatic heterocycles. The van der Waals surface area contributed by atoms with E-state index >= 15 is 0 Å². The van der Waals surface area contributed by atoms with Crippen LogP contribution in [0.5, 0.6) is 0 Å². The molecule has 0 aliphatic rings. The van der Waals surface area contributed by atoms with Gasteiger partial charge in [-0.2, -0.15) is 0 Å². The molecule has 0 atom stereocenters. The van der Waals surface area contributed by atoms with Crippen molar-refractivity contribution in [1.82, 2.24) is 15.2 Å². The van der Waals surface area contributed by atoms with Gasteiger partial charge in [-0.25, -0.2) is 9.98 Å². The van der Waals surface area contributed by atoms with Gasteiger partial charge < -0.3 is 10.2 Å². The Morgan fingerprint density at radius 1 is 1.26 bits per heavy atom. The number of aryl methyl sites for hydroxylation is 2. The molecule has 1 N–H and O–H groups in total. The standard InChI is InChI=1S/C17H24N4S.HI/c1-5-18-17(19-10-15-8-6-13(2)7-9-15)21(4)11-16-12-22-14(3)20-16;/h6-9,12H,5,10-11H2,1-4H3,(H,18,19);1H. The van der Waals surface area contributed by atoms with Crippen LogP contribution in [-0.4, -0.2) is 29.4 Å². The predicted molar refractivity (Wildman–Crippen MR) is 110 cm³/mol. The lowest BCUT2D eigenvalue weighted by Gasteiger charge is -2.21. The molecule has 1 heterocycles. The molecule has 0 bridgehead atoms. The summed E-state index contributed by atoms with van der Waals surface area (Å²) in [6.07, 6.45) is 0. The molecule has 0 amide bonds. The zero-order valence-corrected chi connectivity index (χ0v) is 17.3. The maximum atomic E-state index is 4.72. The third-order valence-electron chi connectivity index (χ3n) is 3.29. The van der Waals surface area contributed by atoms with E-state index in [0.29, 0.717) is 6.54 Å². The highest BCUT2D eigenvalue weighted by molar-refractivity contribution is 14.0. The molecule has 0 radical (unpaired) electrons. The van der Waals surface area contributed by atoms with Gasteiger partial charge in [0.1, 0.15) is 0 Å². The van der Waals surface area contributed by atoms with Gasteiger partial charge in [0.15, 0.2) is 5.96 Å². The fourth-order valence-corrected chi connectivity index (χ4v) is 2.73. The molecule has 0 unspecified atom stereocenters. The van der Waals surface area contributed by atoms with Crippen molar-refractivity contribution in [1.29, 1.82) is 0 Å². The third kappa shape index (κ3) is 6.47. The van der Waals surface area contributed by atoms with Crippen LogP contribution in [0.3, 0.4) is 0 Å². The number of nitrogens with zero attached hydrogens (tertiary/aromatic N) is 3. The molecule has 2 rings (SSSR count). The molecule has 23 heavy (non-hydrogen) atoms. The summed E-state index contributed by atoms with van der Waals surface area (Å²) in [5.41, 5.74) is 3.58. The Bertz CT molecular complexity index is 622. The van der Waals surface area contributed by atoms with E-state index in [4.69, 9.17) is 4.99 Å². The number of halogens is 1. The Morgan fingerprint density at radius 3 is 2.52 bits per heavy atom. The van der Waals surface area contributed by atoms with Crippen LogP contribution < -0.4 is 5.32 Å². The molecule has 0 aliphatic carbocycles. The van der Waals surface area contributed by atoms with Crippen molar-refractivity contribution in [3.8, 4) is 0 Å². The van der Waals surface area contributed by atoms with Gasteiger partial charge >= 0.3 is 0 Å². The second-order valence-corrected chi connectivity index (χ2v) is 6.43. The summed E-state index contributed by atoms with van der Waals surface area (Å²) >= 11 is 1.68. The van der Waals surface area contributed by atoms with E-state index in [0.717, 1.165) is 29.8 Å². The van der Waals surface area contributed by atoms with Gasteiger partial charge in [0, 0.05) is 19.0 Å². The molecular formula is C17H25IN4S. The van der Waals surface area contributed by atoms with E-state index in [1.165, 1.54) is 11.1 Å². The number of nitrogens with one attached hydrogen (secondary N) is 1. The molecule has 6 heteroatoms. The van der Waals surface area contributed by atoms with Crippen molar-refractivity contribution < 1.29 is 0 Å². The molecule has 0 fully saturated rings. The molecule has 0 aliphatic heterocycles. The van der Waals surface area contributed by atoms with Crippen LogP contribution in [0, 0.1) is 13.8 Å². The Morgan fingerprint density at radius 2 is 1.96 bits per heavy atom. The first kappa shape index (κ1) is 19.9. The Labute approximate surface area is 160 Å². The van der Waals surface area contributed by atoms with E-state index < -0.39 is 0 Å². The van der Waals surface area contributed by atoms with Gasteiger partial charge in [-0.15, -0.1) is 35.3 Å². The summed E-state index contributed by atoms with van der Waals surface area (Å²) in [5, 5.41) is 6.55. The summed E-state index contributed by atoms with van der Waals surface area (Å²) in [5.74, 6) is 0.911. The first-order chi connectivity index (χ1) is 10.6. The monoisotopic (exact) mass is 444 g/mol. The fourth-order valence-electron chi connectivity index (χ4n) is 2.13. The topological polar surface area (TPSA) is 40.5 Å². The normalized spacial score (nSPS) is 11.0. The van der Waals surface area contributed by atoms with Crippen LogP contribution in [0.15, 0.2) is 34.6 Å². The minimum Gasteiger partial charge on any atom is -0.357 e. The van der Waals surface area contributed by atoms with E-state index in [2.05, 4.69) is 58.7 Å². The Hall–Kier alpha value is -1.15. The highest BCUT2D eigenvalue weighted by Crippen LogP contribution is 2.10. The molecule has 4 nitrogen and oxygen atoms in total. The summed E-state index contributed by atoms with van der Waals surface area (Å²) < 4.78 is 0. The molecule has 1 aromatic carbocycles. The molecule has 0 saturated carbocycles. The van der Waals surface area contributed by atoms with Crippen LogP contribution in [0.4, 0.5) is 0 Å². The average molecular weight is 444 g/mol. The third-order valence-corrected chi connectivity index (χ3v) is 4.12. The number of thiazole rings is 1. The number of hydrogen-bond acceptors (Lipinski definition) is 3. The predicted octanol–water partition coefficient (Wildman–Crippen LogP) is 3.98. The van der Waals surface area contributed by atoms with Crippen LogP contribution in [0.1, 0.15) is 28.8 Å². The SMILES string of the molecule is CCNC(=NCc1ccc(C)cc1)N(C)Cc1csc(C)n1.I. The van der Waals surface area contributed by atoms with Crippen molar-refractivity contribution >= 4 is 41.3 Å². The average Bonchev–Trinajstić information content (AvgIpc) is 2.90. The summed E-state index contributed by atoms with van der Waals surface area (Å²) in [7, 11) is 2.05. The minimum absolute atomic E-state index is 0. The second kappa shape index (κ2) is 9.87. The van der Waals surface area contributed by atoms with E-state index in [1.54, 1.807) is 11.3 Å². The number of hydrogen-bond donors (Lipinski definition) is 1. The van der Waals surface area contributed by atoms with E-state index in [9.17, 15) is 0 Å². The summed E-state index contributed by atoms with van der Waals surface area (Å²) in [4.78, 5) is 11.4. The van der Waals surface area contributed by atoms with Crippen LogP contribution in [0.2, 0.25) is 0 Å². The van der Waals surface area contributed by atoms with Crippen LogP contribution in [-0.2, 0) is 13.1 Å². The molecular weight excluding hydrogens is 419 g/mol. The van der Waals surface area contributed by atoms with Gasteiger partial charge in [-0.3, -0.25) is 0 Å². The highest BCUT2D eigenvalue weighted by atomic mass is 127. The van der Waals surface area contributed by atoms with Gasteiger partial charge in [0.2, 0.25) is 0 Å².